The number of nitrogens with one attached hydrogen (secondary N) is 2. The van der Waals surface area contributed by atoms with Crippen LogP contribution in [0.4, 0.5) is 4.79 Å². The van der Waals surface area contributed by atoms with Gasteiger partial charge in [-0.2, -0.15) is 0 Å². The van der Waals surface area contributed by atoms with Gasteiger partial charge >= 0.3 is 6.09 Å². The number of alkyl carbamates (subject to hydrolysis) is 1. The molecule has 0 saturated carbocycles. The molecule has 0 aliphatic rings. The van der Waals surface area contributed by atoms with E-state index in [0.717, 1.165) is 11.1 Å². The molecule has 3 aromatic rings. The van der Waals surface area contributed by atoms with E-state index in [4.69, 9.17) is 9.47 Å². The molecule has 8 heteroatoms. The molecule has 0 radical (unpaired) electrons. The molecule has 0 saturated heterocycles. The molecule has 0 aliphatic carbocycles. The van der Waals surface area contributed by atoms with E-state index in [-0.39, 0.29) is 23.5 Å². The fourth-order valence-corrected chi connectivity index (χ4v) is 4.24. The first-order valence-electron chi connectivity index (χ1n) is 13.0. The topological polar surface area (TPSA) is 117 Å². The molecule has 0 aromatic heterocycles. The number of hydrogen-bond acceptors (Lipinski definition) is 6. The Morgan fingerprint density at radius 3 is 2.03 bits per heavy atom. The van der Waals surface area contributed by atoms with E-state index in [1.807, 2.05) is 60.7 Å². The molecule has 208 valence electrons. The van der Waals surface area contributed by atoms with Gasteiger partial charge < -0.3 is 30.3 Å². The molecule has 0 spiro atoms. The number of aliphatic hydroxyl groups is 1. The number of rotatable bonds is 11. The van der Waals surface area contributed by atoms with Crippen molar-refractivity contribution in [3.63, 3.8) is 0 Å². The summed E-state index contributed by atoms with van der Waals surface area (Å²) >= 11 is 0. The Morgan fingerprint density at radius 2 is 1.46 bits per heavy atom. The van der Waals surface area contributed by atoms with Crippen molar-refractivity contribution in [1.29, 1.82) is 0 Å². The molecule has 39 heavy (non-hydrogen) atoms. The maximum Gasteiger partial charge on any atom is 0.407 e. The Bertz CT molecular complexity index is 1210. The monoisotopic (exact) mass is 534 g/mol. The highest BCUT2D eigenvalue weighted by Gasteiger charge is 2.28. The minimum Gasteiger partial charge on any atom is -0.504 e. The molecule has 0 bridgehead atoms. The Balaban J connectivity index is 1.82. The van der Waals surface area contributed by atoms with Gasteiger partial charge in [0.2, 0.25) is 0 Å². The molecular formula is C31H38N2O6. The Hall–Kier alpha value is -4.04. The van der Waals surface area contributed by atoms with Crippen LogP contribution in [0, 0.1) is 0 Å². The van der Waals surface area contributed by atoms with Crippen LogP contribution in [0.2, 0.25) is 0 Å². The number of hydrogen-bond donors (Lipinski definition) is 4. The maximum absolute atomic E-state index is 13.2. The molecule has 0 fully saturated rings. The number of ether oxygens (including phenoxy) is 2. The minimum atomic E-state index is -1.00. The van der Waals surface area contributed by atoms with Gasteiger partial charge in [0.1, 0.15) is 5.60 Å². The molecular weight excluding hydrogens is 496 g/mol. The van der Waals surface area contributed by atoms with Crippen LogP contribution in [-0.4, -0.2) is 53.1 Å². The number of amides is 2. The zero-order chi connectivity index (χ0) is 28.4. The second kappa shape index (κ2) is 13.7. The molecule has 3 atom stereocenters. The highest BCUT2D eigenvalue weighted by Crippen LogP contribution is 2.26. The largest absolute Gasteiger partial charge is 0.504 e. The van der Waals surface area contributed by atoms with Crippen LogP contribution in [0.3, 0.4) is 0 Å². The zero-order valence-electron chi connectivity index (χ0n) is 22.9. The fraction of sp³-hybridized carbons (Fsp3) is 0.355. The predicted octanol–water partition coefficient (Wildman–Crippen LogP) is 4.63. The molecule has 3 unspecified atom stereocenters. The number of aromatic hydroxyl groups is 1. The number of carbonyl (C=O) groups is 2. The van der Waals surface area contributed by atoms with E-state index in [2.05, 4.69) is 10.6 Å². The molecule has 4 N–H and O–H groups in total. The van der Waals surface area contributed by atoms with E-state index in [0.29, 0.717) is 12.8 Å². The van der Waals surface area contributed by atoms with E-state index >= 15 is 0 Å². The van der Waals surface area contributed by atoms with E-state index in [1.165, 1.54) is 25.3 Å². The first-order chi connectivity index (χ1) is 18.5. The summed E-state index contributed by atoms with van der Waals surface area (Å²) in [6, 6.07) is 22.4. The average molecular weight is 535 g/mol. The van der Waals surface area contributed by atoms with Crippen LogP contribution < -0.4 is 15.4 Å². The number of phenols is 1. The normalized spacial score (nSPS) is 13.6. The number of aliphatic hydroxyl groups excluding tert-OH is 1. The molecule has 8 nitrogen and oxygen atoms in total. The van der Waals surface area contributed by atoms with Gasteiger partial charge in [0, 0.05) is 11.6 Å². The summed E-state index contributed by atoms with van der Waals surface area (Å²) in [5.74, 6) is -0.327. The number of phenolic OH excluding ortho intramolecular Hbond substituents is 1. The van der Waals surface area contributed by atoms with Gasteiger partial charge in [-0.1, -0.05) is 60.7 Å². The van der Waals surface area contributed by atoms with E-state index in [9.17, 15) is 19.8 Å². The molecule has 2 amide bonds. The van der Waals surface area contributed by atoms with E-state index < -0.39 is 35.8 Å². The maximum atomic E-state index is 13.2. The third-order valence-electron chi connectivity index (χ3n) is 6.09. The number of carbonyl (C=O) groups excluding carboxylic acids is 2. The van der Waals surface area contributed by atoms with Crippen molar-refractivity contribution in [2.24, 2.45) is 0 Å². The molecule has 3 aromatic carbocycles. The van der Waals surface area contributed by atoms with Crippen molar-refractivity contribution in [3.05, 3.63) is 95.6 Å². The molecule has 3 rings (SSSR count). The lowest BCUT2D eigenvalue weighted by Crippen LogP contribution is -2.49. The Labute approximate surface area is 230 Å². The molecule has 0 aliphatic heterocycles. The minimum absolute atomic E-state index is 0.0770. The zero-order valence-corrected chi connectivity index (χ0v) is 22.9. The summed E-state index contributed by atoms with van der Waals surface area (Å²) < 4.78 is 10.6. The Morgan fingerprint density at radius 1 is 0.872 bits per heavy atom. The fourth-order valence-electron chi connectivity index (χ4n) is 4.24. The van der Waals surface area contributed by atoms with Gasteiger partial charge in [0.15, 0.2) is 11.5 Å². The SMILES string of the molecule is COc1cc(C(=O)NC(Cc2ccccc2)C(O)CC(Cc2ccccc2)NC(=O)OC(C)(C)C)ccc1O. The lowest BCUT2D eigenvalue weighted by molar-refractivity contribution is 0.0463. The van der Waals surface area contributed by atoms with Gasteiger partial charge in [-0.05, 0) is 69.4 Å². The number of methoxy groups -OCH3 is 1. The second-order valence-corrected chi connectivity index (χ2v) is 10.5. The van der Waals surface area contributed by atoms with Crippen molar-refractivity contribution >= 4 is 12.0 Å². The van der Waals surface area contributed by atoms with Crippen LogP contribution in [0.5, 0.6) is 11.5 Å². The third-order valence-corrected chi connectivity index (χ3v) is 6.09. The lowest BCUT2D eigenvalue weighted by Gasteiger charge is -2.29. The van der Waals surface area contributed by atoms with E-state index in [1.54, 1.807) is 20.8 Å². The summed E-state index contributed by atoms with van der Waals surface area (Å²) in [7, 11) is 1.41. The number of benzene rings is 3. The average Bonchev–Trinajstić information content (AvgIpc) is 2.88. The summed E-state index contributed by atoms with van der Waals surface area (Å²) in [6.45, 7) is 5.37. The van der Waals surface area contributed by atoms with Gasteiger partial charge in [-0.25, -0.2) is 4.79 Å². The second-order valence-electron chi connectivity index (χ2n) is 10.5. The van der Waals surface area contributed by atoms with Gasteiger partial charge in [-0.15, -0.1) is 0 Å². The van der Waals surface area contributed by atoms with Crippen LogP contribution in [0.25, 0.3) is 0 Å². The summed E-state index contributed by atoms with van der Waals surface area (Å²) in [6.07, 6.45) is -0.566. The lowest BCUT2D eigenvalue weighted by atomic mass is 9.93. The van der Waals surface area contributed by atoms with Crippen LogP contribution in [-0.2, 0) is 17.6 Å². The standard InChI is InChI=1S/C31H38N2O6/c1-31(2,3)39-30(37)32-24(17-21-11-7-5-8-12-21)20-27(35)25(18-22-13-9-6-10-14-22)33-29(36)23-15-16-26(34)28(19-23)38-4/h5-16,19,24-25,27,34-35H,17-18,20H2,1-4H3,(H,32,37)(H,33,36). The Kier molecular flexibility index (Phi) is 10.3. The van der Waals surface area contributed by atoms with Crippen molar-refractivity contribution in [1.82, 2.24) is 10.6 Å². The van der Waals surface area contributed by atoms with Crippen LogP contribution in [0.15, 0.2) is 78.9 Å². The first kappa shape index (κ1) is 29.5. The van der Waals surface area contributed by atoms with Crippen molar-refractivity contribution < 1.29 is 29.3 Å². The smallest absolute Gasteiger partial charge is 0.407 e. The summed E-state index contributed by atoms with van der Waals surface area (Å²) in [5, 5.41) is 27.2. The van der Waals surface area contributed by atoms with Crippen molar-refractivity contribution in [3.8, 4) is 11.5 Å². The third kappa shape index (κ3) is 9.65. The van der Waals surface area contributed by atoms with Gasteiger partial charge in [-0.3, -0.25) is 4.79 Å². The van der Waals surface area contributed by atoms with Crippen molar-refractivity contribution in [2.45, 2.75) is 63.8 Å². The molecule has 0 heterocycles. The highest BCUT2D eigenvalue weighted by atomic mass is 16.6. The summed E-state index contributed by atoms with van der Waals surface area (Å²) in [4.78, 5) is 25.8. The van der Waals surface area contributed by atoms with Gasteiger partial charge in [0.25, 0.3) is 5.91 Å². The van der Waals surface area contributed by atoms with Crippen LogP contribution in [0.1, 0.15) is 48.7 Å². The van der Waals surface area contributed by atoms with Crippen molar-refractivity contribution in [2.75, 3.05) is 7.11 Å². The summed E-state index contributed by atoms with van der Waals surface area (Å²) in [5.41, 5.74) is 1.53. The van der Waals surface area contributed by atoms with Crippen LogP contribution >= 0.6 is 0 Å². The predicted molar refractivity (Wildman–Crippen MR) is 150 cm³/mol. The van der Waals surface area contributed by atoms with Gasteiger partial charge in [0.05, 0.1) is 19.3 Å². The highest BCUT2D eigenvalue weighted by molar-refractivity contribution is 5.95. The first-order valence-corrected chi connectivity index (χ1v) is 13.0. The quantitative estimate of drug-likeness (QED) is 0.285.